The molecule has 0 amide bonds. The zero-order chi connectivity index (χ0) is 87.7. The second-order valence-electron chi connectivity index (χ2n) is 39.5. The number of thiophene rings is 1. The highest BCUT2D eigenvalue weighted by Gasteiger charge is 2.48. The molecule has 0 aliphatic heterocycles. The van der Waals surface area contributed by atoms with Gasteiger partial charge in [0.25, 0.3) is 0 Å². The van der Waals surface area contributed by atoms with Crippen LogP contribution in [0.5, 0.6) is 0 Å². The molecule has 0 bridgehead atoms. The minimum atomic E-state index is 0.0430. The van der Waals surface area contributed by atoms with Gasteiger partial charge in [0.05, 0.1) is 0 Å². The topological polar surface area (TPSA) is 13.1 Å². The summed E-state index contributed by atoms with van der Waals surface area (Å²) in [6, 6.07) is 126. The minimum Gasteiger partial charge on any atom is -0.456 e. The maximum atomic E-state index is 5.97. The van der Waals surface area contributed by atoms with Gasteiger partial charge in [-0.1, -0.05) is 362 Å². The fourth-order valence-corrected chi connectivity index (χ4v) is 24.4. The highest BCUT2D eigenvalue weighted by Crippen LogP contribution is 2.62. The molecule has 25 rings (SSSR count). The van der Waals surface area contributed by atoms with Crippen LogP contribution in [0.3, 0.4) is 0 Å². The van der Waals surface area contributed by atoms with Crippen LogP contribution in [0.2, 0.25) is 0 Å². The molecule has 19 aromatic rings. The second-order valence-corrected chi connectivity index (χ2v) is 40.6. The van der Waals surface area contributed by atoms with Crippen LogP contribution >= 0.6 is 11.3 Å². The normalized spacial score (nSPS) is 15.0. The van der Waals surface area contributed by atoms with Crippen molar-refractivity contribution in [2.45, 2.75) is 150 Å². The molecule has 2 aromatic heterocycles. The van der Waals surface area contributed by atoms with Gasteiger partial charge in [0.1, 0.15) is 11.2 Å². The van der Waals surface area contributed by atoms with Crippen molar-refractivity contribution in [2.75, 3.05) is 0 Å². The highest BCUT2D eigenvalue weighted by atomic mass is 32.1. The molecule has 0 saturated heterocycles. The van der Waals surface area contributed by atoms with Gasteiger partial charge in [-0.25, -0.2) is 0 Å². The molecular formula is C125H108OS. The van der Waals surface area contributed by atoms with Crippen LogP contribution in [0.15, 0.2) is 350 Å². The predicted molar refractivity (Wildman–Crippen MR) is 543 cm³/mol. The monoisotopic (exact) mass is 1660 g/mol. The second kappa shape index (κ2) is 30.0. The van der Waals surface area contributed by atoms with E-state index in [4.69, 9.17) is 4.42 Å². The summed E-state index contributed by atoms with van der Waals surface area (Å²) in [7, 11) is 0. The lowest BCUT2D eigenvalue weighted by Gasteiger charge is -2.30. The molecule has 2 heteroatoms. The molecule has 0 unspecified atom stereocenters. The smallest absolute Gasteiger partial charge is 0.135 e. The molecule has 127 heavy (non-hydrogen) atoms. The van der Waals surface area contributed by atoms with Crippen molar-refractivity contribution in [1.29, 1.82) is 0 Å². The molecular weight excluding hydrogens is 1550 g/mol. The molecule has 0 saturated carbocycles. The molecule has 0 fully saturated rings. The number of rotatable bonds is 4. The molecule has 620 valence electrons. The van der Waals surface area contributed by atoms with Crippen molar-refractivity contribution in [1.82, 2.24) is 0 Å². The standard InChI is InChI=1S/C25H18O.C25H18S.3C25H24/c2*1-17-11-12-19(18-7-3-2-4-8-18)15-22(17)20-13-14-25-23(16-20)21-9-5-6-10-24(21)26-25;1-15-22-17-11-7-9-13-20(17)24(2,3)21(22)14-18-16-10-6-8-12-19(16)25(4,5)23(15)18;1-15-9-8-12-20-23(15)18-14-21-17(13-22(18)25(20,4)5)16-10-6-7-11-19(16)24(21,2)3;1-15-9-8-12-20-21(15)18-14-13-17-16-10-6-7-11-19(16)24(2,3)22(17)23(18)25(20,4)5/h2*2-16H,1H3;3*6-14H,1-5H3. The van der Waals surface area contributed by atoms with Crippen LogP contribution in [0.4, 0.5) is 0 Å². The lowest BCUT2D eigenvalue weighted by molar-refractivity contribution is 0.601. The first kappa shape index (κ1) is 80.8. The number of furan rings is 1. The van der Waals surface area contributed by atoms with Crippen LogP contribution in [-0.2, 0) is 32.5 Å². The van der Waals surface area contributed by atoms with Crippen molar-refractivity contribution in [3.8, 4) is 111 Å². The van der Waals surface area contributed by atoms with E-state index < -0.39 is 0 Å². The quantitative estimate of drug-likeness (QED) is 0.171. The summed E-state index contributed by atoms with van der Waals surface area (Å²) in [5, 5.41) is 5.04. The third-order valence-electron chi connectivity index (χ3n) is 29.9. The molecule has 2 heterocycles. The number of aryl methyl sites for hydroxylation is 4. The maximum absolute atomic E-state index is 5.97. The maximum Gasteiger partial charge on any atom is 0.135 e. The van der Waals surface area contributed by atoms with E-state index in [1.807, 2.05) is 23.5 Å². The Morgan fingerprint density at radius 3 is 1.20 bits per heavy atom. The van der Waals surface area contributed by atoms with E-state index in [0.29, 0.717) is 0 Å². The molecule has 1 nitrogen and oxygen atoms in total. The molecule has 6 aliphatic rings. The summed E-state index contributed by atoms with van der Waals surface area (Å²) >= 11 is 1.87. The summed E-state index contributed by atoms with van der Waals surface area (Å²) < 4.78 is 8.68. The third-order valence-corrected chi connectivity index (χ3v) is 31.0. The van der Waals surface area contributed by atoms with E-state index in [-0.39, 0.29) is 32.5 Å². The van der Waals surface area contributed by atoms with Gasteiger partial charge < -0.3 is 4.42 Å². The molecule has 17 aromatic carbocycles. The van der Waals surface area contributed by atoms with E-state index in [1.54, 1.807) is 0 Å². The van der Waals surface area contributed by atoms with E-state index in [9.17, 15) is 0 Å². The number of para-hydroxylation sites is 1. The van der Waals surface area contributed by atoms with Gasteiger partial charge in [0, 0.05) is 63.4 Å². The molecule has 0 radical (unpaired) electrons. The van der Waals surface area contributed by atoms with Gasteiger partial charge in [-0.05, 0) is 307 Å². The predicted octanol–water partition coefficient (Wildman–Crippen LogP) is 34.7. The highest BCUT2D eigenvalue weighted by molar-refractivity contribution is 7.25. The molecule has 0 N–H and O–H groups in total. The van der Waals surface area contributed by atoms with E-state index >= 15 is 0 Å². The van der Waals surface area contributed by atoms with Gasteiger partial charge in [-0.3, -0.25) is 0 Å². The van der Waals surface area contributed by atoms with Gasteiger partial charge in [0.15, 0.2) is 0 Å². The SMILES string of the molecule is Cc1c2c(cc3c1C(C)(C)c1ccccc1-3)C(C)(C)c1ccccc1-2.Cc1ccc(-c2ccccc2)cc1-c1ccc2oc3ccccc3c2c1.Cc1ccc(-c2ccccc2)cc1-c1ccc2sc3ccccc3c2c1.Cc1cccc2c1-c1cc3c(cc1C2(C)C)-c1ccccc1C3(C)C.Cc1cccc2c1-c1ccc3c(c1C2(C)C)C(C)(C)c1ccccc1-3. The first-order valence-electron chi connectivity index (χ1n) is 45.4. The summed E-state index contributed by atoms with van der Waals surface area (Å²) in [6.45, 7) is 39.7. The Morgan fingerprint density at radius 1 is 0.189 bits per heavy atom. The van der Waals surface area contributed by atoms with Crippen molar-refractivity contribution < 1.29 is 4.42 Å². The van der Waals surface area contributed by atoms with E-state index in [0.717, 1.165) is 11.2 Å². The van der Waals surface area contributed by atoms with Crippen LogP contribution in [-0.4, -0.2) is 0 Å². The molecule has 0 atom stereocenters. The molecule has 6 aliphatic carbocycles. The van der Waals surface area contributed by atoms with Gasteiger partial charge in [0.2, 0.25) is 0 Å². The zero-order valence-corrected chi connectivity index (χ0v) is 77.0. The summed E-state index contributed by atoms with van der Waals surface area (Å²) in [4.78, 5) is 0. The van der Waals surface area contributed by atoms with Crippen molar-refractivity contribution in [3.63, 3.8) is 0 Å². The summed E-state index contributed by atoms with van der Waals surface area (Å²) in [5.41, 5.74) is 54.2. The zero-order valence-electron chi connectivity index (χ0n) is 76.2. The first-order valence-corrected chi connectivity index (χ1v) is 46.3. The van der Waals surface area contributed by atoms with Crippen LogP contribution in [0.25, 0.3) is 153 Å². The van der Waals surface area contributed by atoms with Crippen LogP contribution in [0.1, 0.15) is 178 Å². The summed E-state index contributed by atoms with van der Waals surface area (Å²) in [6.07, 6.45) is 0. The van der Waals surface area contributed by atoms with Gasteiger partial charge >= 0.3 is 0 Å². The number of benzene rings is 17. The van der Waals surface area contributed by atoms with Crippen LogP contribution < -0.4 is 0 Å². The fraction of sp³-hybridized carbons (Fsp3) is 0.184. The van der Waals surface area contributed by atoms with Crippen molar-refractivity contribution >= 4 is 53.4 Å². The van der Waals surface area contributed by atoms with Gasteiger partial charge in [-0.2, -0.15) is 0 Å². The Kier molecular flexibility index (Phi) is 19.1. The molecule has 0 spiro atoms. The van der Waals surface area contributed by atoms with Crippen molar-refractivity contribution in [2.24, 2.45) is 0 Å². The van der Waals surface area contributed by atoms with E-state index in [1.165, 1.54) is 237 Å². The Bertz CT molecular complexity index is 7500. The average molecular weight is 1660 g/mol. The largest absolute Gasteiger partial charge is 0.456 e. The Balaban J connectivity index is 0.0000000967. The minimum absolute atomic E-state index is 0.0430. The number of hydrogen-bond donors (Lipinski definition) is 0. The van der Waals surface area contributed by atoms with E-state index in [2.05, 4.69) is 451 Å². The summed E-state index contributed by atoms with van der Waals surface area (Å²) in [5.74, 6) is 0. The first-order chi connectivity index (χ1) is 61.1. The lowest BCUT2D eigenvalue weighted by Crippen LogP contribution is -2.24. The third kappa shape index (κ3) is 12.7. The Morgan fingerprint density at radius 2 is 0.583 bits per heavy atom. The fourth-order valence-electron chi connectivity index (χ4n) is 23.3. The Hall–Kier alpha value is -13.2. The van der Waals surface area contributed by atoms with Crippen LogP contribution in [0, 0.1) is 34.6 Å². The van der Waals surface area contributed by atoms with Gasteiger partial charge in [-0.15, -0.1) is 11.3 Å². The number of fused-ring (bicyclic) bond motifs is 25. The Labute approximate surface area is 754 Å². The average Bonchev–Trinajstić information content (AvgIpc) is 1.53. The number of hydrogen-bond acceptors (Lipinski definition) is 2. The van der Waals surface area contributed by atoms with Crippen molar-refractivity contribution in [3.05, 3.63) is 440 Å². The lowest BCUT2D eigenvalue weighted by atomic mass is 9.72.